The molecule has 3 N–H and O–H groups in total. The molecular weight excluding hydrogens is 287 g/mol. The van der Waals surface area contributed by atoms with Crippen LogP contribution in [0.1, 0.15) is 12.7 Å². The third-order valence-corrected chi connectivity index (χ3v) is 2.87. The fourth-order valence-corrected chi connectivity index (χ4v) is 1.74. The van der Waals surface area contributed by atoms with Crippen LogP contribution in [0.15, 0.2) is 24.3 Å². The molecule has 0 radical (unpaired) electrons. The number of nitrogen functional groups attached to an aromatic ring is 1. The maximum atomic E-state index is 6.03. The number of nitrogens with two attached hydrogens (primary N) is 1. The number of nitrogens with zero attached hydrogens (tertiary/aromatic N) is 2. The summed E-state index contributed by atoms with van der Waals surface area (Å²) in [5.74, 6) is 7.21. The quantitative estimate of drug-likeness (QED) is 0.668. The molecule has 0 bridgehead atoms. The zero-order valence-electron chi connectivity index (χ0n) is 10.2. The molecule has 100 valence electrons. The molecule has 1 aromatic heterocycles. The Labute approximate surface area is 120 Å². The molecule has 0 fully saturated rings. The molecule has 0 atom stereocenters. The number of hydrogen-bond acceptors (Lipinski definition) is 5. The highest BCUT2D eigenvalue weighted by molar-refractivity contribution is 6.34. The summed E-state index contributed by atoms with van der Waals surface area (Å²) in [6, 6.07) is 6.54. The Hall–Kier alpha value is -1.56. The van der Waals surface area contributed by atoms with Crippen LogP contribution in [0.2, 0.25) is 10.0 Å². The van der Waals surface area contributed by atoms with Crippen LogP contribution in [0.4, 0.5) is 5.82 Å². The highest BCUT2D eigenvalue weighted by Gasteiger charge is 2.08. The van der Waals surface area contributed by atoms with E-state index in [0.29, 0.717) is 39.7 Å². The monoisotopic (exact) mass is 298 g/mol. The van der Waals surface area contributed by atoms with Gasteiger partial charge in [-0.05, 0) is 12.1 Å². The summed E-state index contributed by atoms with van der Waals surface area (Å²) >= 11 is 11.9. The number of ether oxygens (including phenoxy) is 1. The number of rotatable bonds is 4. The van der Waals surface area contributed by atoms with Gasteiger partial charge in [-0.25, -0.2) is 10.8 Å². The number of aromatic nitrogens is 2. The zero-order chi connectivity index (χ0) is 13.8. The first-order valence-corrected chi connectivity index (χ1v) is 6.35. The lowest BCUT2D eigenvalue weighted by atomic mass is 10.3. The largest absolute Gasteiger partial charge is 0.437 e. The molecule has 0 unspecified atom stereocenters. The number of hydrazine groups is 1. The SMILES string of the molecule is CCc1nc(NN)cc(Oc2cc(Cl)ccc2Cl)n1. The summed E-state index contributed by atoms with van der Waals surface area (Å²) < 4.78 is 5.61. The number of nitrogens with one attached hydrogen (secondary N) is 1. The van der Waals surface area contributed by atoms with Gasteiger partial charge in [0.1, 0.15) is 17.4 Å². The highest BCUT2D eigenvalue weighted by Crippen LogP contribution is 2.31. The van der Waals surface area contributed by atoms with E-state index in [1.165, 1.54) is 0 Å². The Balaban J connectivity index is 2.34. The second-order valence-corrected chi connectivity index (χ2v) is 4.53. The Morgan fingerprint density at radius 3 is 2.74 bits per heavy atom. The van der Waals surface area contributed by atoms with Gasteiger partial charge in [-0.2, -0.15) is 4.98 Å². The summed E-state index contributed by atoms with van der Waals surface area (Å²) in [6.07, 6.45) is 0.662. The van der Waals surface area contributed by atoms with Crippen LogP contribution < -0.4 is 16.0 Å². The van der Waals surface area contributed by atoms with Crippen molar-refractivity contribution in [3.8, 4) is 11.6 Å². The topological polar surface area (TPSA) is 73.1 Å². The van der Waals surface area contributed by atoms with Crippen molar-refractivity contribution in [1.82, 2.24) is 9.97 Å². The lowest BCUT2D eigenvalue weighted by Gasteiger charge is -2.09. The first-order valence-electron chi connectivity index (χ1n) is 5.60. The molecule has 2 rings (SSSR count). The van der Waals surface area contributed by atoms with E-state index in [9.17, 15) is 0 Å². The second kappa shape index (κ2) is 6.06. The van der Waals surface area contributed by atoms with Crippen molar-refractivity contribution in [2.45, 2.75) is 13.3 Å². The van der Waals surface area contributed by atoms with Gasteiger partial charge in [-0.3, -0.25) is 0 Å². The van der Waals surface area contributed by atoms with Gasteiger partial charge in [0, 0.05) is 23.6 Å². The number of aryl methyl sites for hydroxylation is 1. The molecule has 0 aliphatic heterocycles. The Morgan fingerprint density at radius 1 is 1.26 bits per heavy atom. The highest BCUT2D eigenvalue weighted by atomic mass is 35.5. The van der Waals surface area contributed by atoms with E-state index >= 15 is 0 Å². The first kappa shape index (κ1) is 13.9. The molecule has 7 heteroatoms. The van der Waals surface area contributed by atoms with Gasteiger partial charge < -0.3 is 10.2 Å². The zero-order valence-corrected chi connectivity index (χ0v) is 11.7. The van der Waals surface area contributed by atoms with E-state index in [2.05, 4.69) is 15.4 Å². The fourth-order valence-electron chi connectivity index (χ4n) is 1.43. The number of anilines is 1. The van der Waals surface area contributed by atoms with Gasteiger partial charge in [-0.15, -0.1) is 0 Å². The Bertz CT molecular complexity index is 570. The molecule has 0 aliphatic carbocycles. The molecule has 5 nitrogen and oxygen atoms in total. The van der Waals surface area contributed by atoms with Crippen molar-refractivity contribution in [2.75, 3.05) is 5.43 Å². The van der Waals surface area contributed by atoms with Crippen molar-refractivity contribution in [3.63, 3.8) is 0 Å². The van der Waals surface area contributed by atoms with Crippen molar-refractivity contribution in [3.05, 3.63) is 40.1 Å². The third-order valence-electron chi connectivity index (χ3n) is 2.32. The number of hydrogen-bond donors (Lipinski definition) is 2. The summed E-state index contributed by atoms with van der Waals surface area (Å²) in [4.78, 5) is 8.40. The second-order valence-electron chi connectivity index (χ2n) is 3.68. The fraction of sp³-hybridized carbons (Fsp3) is 0.167. The smallest absolute Gasteiger partial charge is 0.224 e. The summed E-state index contributed by atoms with van der Waals surface area (Å²) in [7, 11) is 0. The molecule has 0 amide bonds. The maximum Gasteiger partial charge on any atom is 0.224 e. The van der Waals surface area contributed by atoms with E-state index < -0.39 is 0 Å². The van der Waals surface area contributed by atoms with Gasteiger partial charge in [0.2, 0.25) is 5.88 Å². The van der Waals surface area contributed by atoms with Crippen LogP contribution >= 0.6 is 23.2 Å². The van der Waals surface area contributed by atoms with Crippen molar-refractivity contribution >= 4 is 29.0 Å². The van der Waals surface area contributed by atoms with Gasteiger partial charge >= 0.3 is 0 Å². The molecule has 0 aliphatic rings. The van der Waals surface area contributed by atoms with Crippen LogP contribution in [0.5, 0.6) is 11.6 Å². The Morgan fingerprint density at radius 2 is 2.05 bits per heavy atom. The van der Waals surface area contributed by atoms with Crippen LogP contribution in [0.25, 0.3) is 0 Å². The predicted octanol–water partition coefficient (Wildman–Crippen LogP) is 3.42. The van der Waals surface area contributed by atoms with Gasteiger partial charge in [0.15, 0.2) is 0 Å². The van der Waals surface area contributed by atoms with Crippen molar-refractivity contribution < 1.29 is 4.74 Å². The standard InChI is InChI=1S/C12H12Cl2N4O/c1-2-10-16-11(18-15)6-12(17-10)19-9-5-7(13)3-4-8(9)14/h3-6H,2,15H2,1H3,(H,16,17,18). The first-order chi connectivity index (χ1) is 9.12. The Kier molecular flexibility index (Phi) is 4.42. The normalized spacial score (nSPS) is 10.3. The van der Waals surface area contributed by atoms with E-state index in [0.717, 1.165) is 0 Å². The van der Waals surface area contributed by atoms with Gasteiger partial charge in [0.05, 0.1) is 5.02 Å². The minimum absolute atomic E-state index is 0.351. The summed E-state index contributed by atoms with van der Waals surface area (Å²) in [6.45, 7) is 1.94. The van der Waals surface area contributed by atoms with E-state index in [-0.39, 0.29) is 0 Å². The van der Waals surface area contributed by atoms with Crippen molar-refractivity contribution in [1.29, 1.82) is 0 Å². The minimum atomic E-state index is 0.351. The van der Waals surface area contributed by atoms with Gasteiger partial charge in [-0.1, -0.05) is 30.1 Å². The predicted molar refractivity (Wildman–Crippen MR) is 75.8 cm³/mol. The molecular formula is C12H12Cl2N4O. The van der Waals surface area contributed by atoms with Crippen LogP contribution in [0, 0.1) is 0 Å². The van der Waals surface area contributed by atoms with Crippen LogP contribution in [0.3, 0.4) is 0 Å². The maximum absolute atomic E-state index is 6.03. The molecule has 19 heavy (non-hydrogen) atoms. The van der Waals surface area contributed by atoms with E-state index in [4.69, 9.17) is 33.8 Å². The molecule has 1 heterocycles. The van der Waals surface area contributed by atoms with Crippen molar-refractivity contribution in [2.24, 2.45) is 5.84 Å². The van der Waals surface area contributed by atoms with Crippen LogP contribution in [-0.4, -0.2) is 9.97 Å². The van der Waals surface area contributed by atoms with E-state index in [1.54, 1.807) is 24.3 Å². The van der Waals surface area contributed by atoms with E-state index in [1.807, 2.05) is 6.92 Å². The average molecular weight is 299 g/mol. The molecule has 0 saturated carbocycles. The molecule has 1 aromatic carbocycles. The number of benzene rings is 1. The average Bonchev–Trinajstić information content (AvgIpc) is 2.42. The lowest BCUT2D eigenvalue weighted by molar-refractivity contribution is 0.459. The summed E-state index contributed by atoms with van der Waals surface area (Å²) in [5, 5.41) is 0.977. The molecule has 0 spiro atoms. The van der Waals surface area contributed by atoms with Crippen LogP contribution in [-0.2, 0) is 6.42 Å². The minimum Gasteiger partial charge on any atom is -0.437 e. The lowest BCUT2D eigenvalue weighted by Crippen LogP contribution is -2.10. The molecule has 0 saturated heterocycles. The third kappa shape index (κ3) is 3.47. The van der Waals surface area contributed by atoms with Gasteiger partial charge in [0.25, 0.3) is 0 Å². The summed E-state index contributed by atoms with van der Waals surface area (Å²) in [5.41, 5.74) is 2.46. The number of halogens is 2. The molecule has 2 aromatic rings.